The fourth-order valence-electron chi connectivity index (χ4n) is 12.9. The van der Waals surface area contributed by atoms with Crippen LogP contribution in [-0.2, 0) is 5.41 Å². The summed E-state index contributed by atoms with van der Waals surface area (Å²) in [5.74, 6) is 1.69. The van der Waals surface area contributed by atoms with Gasteiger partial charge in [-0.05, 0) is 112 Å². The first-order valence-corrected chi connectivity index (χ1v) is 27.4. The van der Waals surface area contributed by atoms with Gasteiger partial charge in [-0.1, -0.05) is 166 Å². The summed E-state index contributed by atoms with van der Waals surface area (Å²) in [6.45, 7) is 6.70. The molecular formula is C70H49BN4OS. The largest absolute Gasteiger partial charge is 0.458 e. The van der Waals surface area contributed by atoms with E-state index >= 15 is 0 Å². The van der Waals surface area contributed by atoms with Crippen LogP contribution in [0.25, 0.3) is 75.2 Å². The highest BCUT2D eigenvalue weighted by Gasteiger charge is 2.45. The van der Waals surface area contributed by atoms with Crippen LogP contribution in [0.4, 0.5) is 34.1 Å². The highest BCUT2D eigenvalue weighted by molar-refractivity contribution is 7.28. The number of nitrogens with zero attached hydrogens (tertiary/aromatic N) is 4. The Hall–Kier alpha value is -9.30. The van der Waals surface area contributed by atoms with Gasteiger partial charge in [0.05, 0.1) is 33.4 Å². The lowest BCUT2D eigenvalue weighted by atomic mass is 9.34. The van der Waals surface area contributed by atoms with Crippen molar-refractivity contribution < 1.29 is 4.74 Å². The average Bonchev–Trinajstić information content (AvgIpc) is 4.16. The Morgan fingerprint density at radius 3 is 1.51 bits per heavy atom. The Morgan fingerprint density at radius 1 is 0.416 bits per heavy atom. The second kappa shape index (κ2) is 16.6. The molecule has 3 aromatic heterocycles. The number of thiophene rings is 1. The van der Waals surface area contributed by atoms with Crippen LogP contribution in [-0.4, -0.2) is 15.8 Å². The van der Waals surface area contributed by atoms with Crippen LogP contribution >= 0.6 is 11.3 Å². The molecule has 0 amide bonds. The number of para-hydroxylation sites is 6. The Morgan fingerprint density at radius 2 is 0.922 bits per heavy atom. The van der Waals surface area contributed by atoms with Crippen molar-refractivity contribution in [2.75, 3.05) is 9.80 Å². The summed E-state index contributed by atoms with van der Waals surface area (Å²) < 4.78 is 15.1. The fraction of sp³-hybridized carbons (Fsp3) is 0.0571. The number of benzene rings is 11. The van der Waals surface area contributed by atoms with E-state index in [1.165, 1.54) is 63.8 Å². The molecule has 2 aliphatic heterocycles. The first-order chi connectivity index (χ1) is 37.9. The number of anilines is 6. The molecular weight excluding hydrogens is 956 g/mol. The van der Waals surface area contributed by atoms with Gasteiger partial charge in [0.2, 0.25) is 0 Å². The number of hydrogen-bond donors (Lipinski definition) is 0. The fourth-order valence-corrected chi connectivity index (χ4v) is 14.2. The molecule has 11 aromatic carbocycles. The monoisotopic (exact) mass is 1000 g/mol. The van der Waals surface area contributed by atoms with Crippen molar-refractivity contribution in [2.24, 2.45) is 0 Å². The van der Waals surface area contributed by atoms with Crippen LogP contribution in [0, 0.1) is 0 Å². The molecule has 14 aromatic rings. The zero-order valence-corrected chi connectivity index (χ0v) is 43.6. The normalized spacial score (nSPS) is 12.9. The molecule has 16 rings (SSSR count). The Labute approximate surface area is 450 Å². The van der Waals surface area contributed by atoms with E-state index in [4.69, 9.17) is 4.74 Å². The number of fused-ring (bicyclic) bond motifs is 14. The van der Waals surface area contributed by atoms with Crippen molar-refractivity contribution in [1.29, 1.82) is 0 Å². The van der Waals surface area contributed by atoms with Crippen LogP contribution in [0.3, 0.4) is 0 Å². The van der Waals surface area contributed by atoms with E-state index in [1.807, 2.05) is 11.3 Å². The molecule has 0 spiro atoms. The molecule has 0 radical (unpaired) electrons. The lowest BCUT2D eigenvalue weighted by Gasteiger charge is -2.41. The maximum Gasteiger partial charge on any atom is 0.258 e. The Bertz CT molecular complexity index is 4580. The van der Waals surface area contributed by atoms with Gasteiger partial charge in [-0.25, -0.2) is 0 Å². The average molecular weight is 1010 g/mol. The van der Waals surface area contributed by atoms with E-state index in [2.05, 4.69) is 282 Å². The van der Waals surface area contributed by atoms with Crippen LogP contribution in [0.15, 0.2) is 243 Å². The second-order valence-electron chi connectivity index (χ2n) is 21.6. The van der Waals surface area contributed by atoms with Gasteiger partial charge in [-0.2, -0.15) is 0 Å². The van der Waals surface area contributed by atoms with Gasteiger partial charge in [0.15, 0.2) is 0 Å². The smallest absolute Gasteiger partial charge is 0.258 e. The zero-order chi connectivity index (χ0) is 51.1. The molecule has 0 N–H and O–H groups in total. The first kappa shape index (κ1) is 44.0. The summed E-state index contributed by atoms with van der Waals surface area (Å²) in [6.07, 6.45) is 0. The maximum atomic E-state index is 7.60. The molecule has 0 fully saturated rings. The predicted molar refractivity (Wildman–Crippen MR) is 327 cm³/mol. The summed E-state index contributed by atoms with van der Waals surface area (Å²) in [7, 11) is 0. The van der Waals surface area contributed by atoms with E-state index in [9.17, 15) is 0 Å². The highest BCUT2D eigenvalue weighted by atomic mass is 32.1. The lowest BCUT2D eigenvalue weighted by molar-refractivity contribution is 0.487. The van der Waals surface area contributed by atoms with Gasteiger partial charge >= 0.3 is 0 Å². The summed E-state index contributed by atoms with van der Waals surface area (Å²) in [6, 6.07) is 89.3. The van der Waals surface area contributed by atoms with Gasteiger partial charge in [0.1, 0.15) is 11.5 Å². The molecule has 0 unspecified atom stereocenters. The third kappa shape index (κ3) is 6.54. The molecule has 5 heterocycles. The standard InChI is InChI=1S/C70H49BN4OS/c1-70(2,3)44-34-36-47(37-35-44)73-61-40-49(72(45-20-6-4-7-21-45)46-22-8-5-9-23-46)42-64-67(61)71(55-39-38-48(41-63(55)76-64)74-56-29-15-10-24-50(56)51-25-11-16-30-57(51)74)68-62(73)43-60(66-54-28-14-19-33-65(54)77-69(66)68)75-58-31-17-12-26-52(58)53-27-13-18-32-59(53)75/h4-43H,1-3H3. The van der Waals surface area contributed by atoms with Crippen LogP contribution < -0.4 is 30.9 Å². The topological polar surface area (TPSA) is 25.6 Å². The van der Waals surface area contributed by atoms with Gasteiger partial charge in [-0.3, -0.25) is 0 Å². The zero-order valence-electron chi connectivity index (χ0n) is 42.8. The predicted octanol–water partition coefficient (Wildman–Crippen LogP) is 17.4. The van der Waals surface area contributed by atoms with Crippen LogP contribution in [0.5, 0.6) is 11.5 Å². The maximum absolute atomic E-state index is 7.60. The summed E-state index contributed by atoms with van der Waals surface area (Å²) >= 11 is 1.91. The van der Waals surface area contributed by atoms with Crippen LogP contribution in [0.2, 0.25) is 0 Å². The minimum absolute atomic E-state index is 0.0308. The van der Waals surface area contributed by atoms with E-state index in [-0.39, 0.29) is 12.1 Å². The summed E-state index contributed by atoms with van der Waals surface area (Å²) in [5.41, 5.74) is 18.2. The van der Waals surface area contributed by atoms with E-state index in [0.717, 1.165) is 79.0 Å². The Balaban J connectivity index is 1.05. The molecule has 0 atom stereocenters. The number of hydrogen-bond acceptors (Lipinski definition) is 4. The second-order valence-corrected chi connectivity index (χ2v) is 22.7. The first-order valence-electron chi connectivity index (χ1n) is 26.6. The van der Waals surface area contributed by atoms with Gasteiger partial charge in [-0.15, -0.1) is 11.3 Å². The Kier molecular flexibility index (Phi) is 9.50. The number of aromatic nitrogens is 2. The van der Waals surface area contributed by atoms with E-state index in [0.29, 0.717) is 0 Å². The van der Waals surface area contributed by atoms with Crippen molar-refractivity contribution in [1.82, 2.24) is 9.13 Å². The molecule has 0 bridgehead atoms. The van der Waals surface area contributed by atoms with Crippen molar-refractivity contribution in [3.05, 3.63) is 248 Å². The summed E-state index contributed by atoms with van der Waals surface area (Å²) in [5, 5.41) is 7.45. The molecule has 2 aliphatic rings. The molecule has 7 heteroatoms. The molecule has 5 nitrogen and oxygen atoms in total. The lowest BCUT2D eigenvalue weighted by Crippen LogP contribution is -2.59. The van der Waals surface area contributed by atoms with Gasteiger partial charge in [0, 0.05) is 88.0 Å². The van der Waals surface area contributed by atoms with E-state index < -0.39 is 0 Å². The van der Waals surface area contributed by atoms with Gasteiger partial charge < -0.3 is 23.7 Å². The third-order valence-electron chi connectivity index (χ3n) is 16.3. The van der Waals surface area contributed by atoms with Crippen molar-refractivity contribution in [3.8, 4) is 22.9 Å². The van der Waals surface area contributed by atoms with Crippen molar-refractivity contribution in [2.45, 2.75) is 26.2 Å². The minimum Gasteiger partial charge on any atom is -0.458 e. The van der Waals surface area contributed by atoms with Crippen molar-refractivity contribution in [3.63, 3.8) is 0 Å². The molecule has 77 heavy (non-hydrogen) atoms. The quantitative estimate of drug-likeness (QED) is 0.155. The summed E-state index contributed by atoms with van der Waals surface area (Å²) in [4.78, 5) is 4.92. The number of rotatable bonds is 6. The third-order valence-corrected chi connectivity index (χ3v) is 17.5. The number of ether oxygens (including phenoxy) is 1. The minimum atomic E-state index is -0.185. The highest BCUT2D eigenvalue weighted by Crippen LogP contribution is 2.50. The van der Waals surface area contributed by atoms with E-state index in [1.54, 1.807) is 0 Å². The molecule has 0 saturated heterocycles. The molecule has 364 valence electrons. The van der Waals surface area contributed by atoms with Crippen molar-refractivity contribution >= 4 is 132 Å². The van der Waals surface area contributed by atoms with Gasteiger partial charge in [0.25, 0.3) is 6.71 Å². The molecule has 0 saturated carbocycles. The SMILES string of the molecule is CC(C)(C)c1ccc(N2c3cc(N(c4ccccc4)c4ccccc4)cc4c3B(c3ccc(-n5c6ccccc6c6ccccc65)cc3O4)c3c2cc(-n2c4ccccc4c4ccccc42)c2c3sc3ccccc32)cc1. The molecule has 0 aliphatic carbocycles. The van der Waals surface area contributed by atoms with Crippen LogP contribution in [0.1, 0.15) is 26.3 Å².